The number of rotatable bonds is 3. The molecule has 2 nitrogen and oxygen atoms in total. The molecule has 0 atom stereocenters. The second kappa shape index (κ2) is 5.02. The fourth-order valence-corrected chi connectivity index (χ4v) is 2.00. The van der Waals surface area contributed by atoms with Crippen LogP contribution in [0.5, 0.6) is 5.75 Å². The summed E-state index contributed by atoms with van der Waals surface area (Å²) in [6, 6.07) is 4.73. The quantitative estimate of drug-likeness (QED) is 0.798. The number of ketones is 1. The molecule has 0 saturated heterocycles. The smallest absolute Gasteiger partial charge is 0.428 e. The SMILES string of the molecule is O=C1CCc2c(cccc2OC(F)(F)C(Cl)Cl)C1. The minimum atomic E-state index is -3.65. The van der Waals surface area contributed by atoms with Gasteiger partial charge < -0.3 is 4.74 Å². The lowest BCUT2D eigenvalue weighted by atomic mass is 9.90. The third kappa shape index (κ3) is 2.75. The van der Waals surface area contributed by atoms with Gasteiger partial charge in [0.05, 0.1) is 0 Å². The third-order valence-corrected chi connectivity index (χ3v) is 3.28. The van der Waals surface area contributed by atoms with Crippen molar-refractivity contribution in [1.29, 1.82) is 0 Å². The van der Waals surface area contributed by atoms with E-state index in [2.05, 4.69) is 4.74 Å². The molecule has 0 heterocycles. The van der Waals surface area contributed by atoms with Crippen LogP contribution in [-0.2, 0) is 17.6 Å². The molecule has 0 aliphatic heterocycles. The highest BCUT2D eigenvalue weighted by Crippen LogP contribution is 2.35. The Balaban J connectivity index is 2.30. The Morgan fingerprint density at radius 2 is 2.00 bits per heavy atom. The Morgan fingerprint density at radius 3 is 2.67 bits per heavy atom. The Kier molecular flexibility index (Phi) is 3.78. The number of benzene rings is 1. The van der Waals surface area contributed by atoms with Gasteiger partial charge in [-0.3, -0.25) is 4.79 Å². The molecule has 6 heteroatoms. The van der Waals surface area contributed by atoms with Crippen molar-refractivity contribution in [1.82, 2.24) is 0 Å². The molecule has 98 valence electrons. The van der Waals surface area contributed by atoms with Gasteiger partial charge in [-0.25, -0.2) is 0 Å². The minimum absolute atomic E-state index is 0.0382. The molecule has 0 saturated carbocycles. The molecule has 0 spiro atoms. The lowest BCUT2D eigenvalue weighted by Gasteiger charge is -2.23. The van der Waals surface area contributed by atoms with Crippen molar-refractivity contribution in [2.24, 2.45) is 0 Å². The number of hydrogen-bond acceptors (Lipinski definition) is 2. The van der Waals surface area contributed by atoms with Gasteiger partial charge in [0.15, 0.2) is 0 Å². The minimum Gasteiger partial charge on any atom is -0.430 e. The van der Waals surface area contributed by atoms with E-state index < -0.39 is 10.9 Å². The molecule has 0 fully saturated rings. The Morgan fingerprint density at radius 1 is 1.28 bits per heavy atom. The summed E-state index contributed by atoms with van der Waals surface area (Å²) in [4.78, 5) is 9.35. The maximum Gasteiger partial charge on any atom is 0.428 e. The van der Waals surface area contributed by atoms with Gasteiger partial charge in [0, 0.05) is 12.8 Å². The number of Topliss-reactive ketones (excluding diaryl/α,β-unsaturated/α-hetero) is 1. The Bertz CT molecular complexity index is 475. The van der Waals surface area contributed by atoms with Gasteiger partial charge in [-0.2, -0.15) is 8.78 Å². The van der Waals surface area contributed by atoms with Crippen molar-refractivity contribution >= 4 is 29.0 Å². The number of carbonyl (C=O) groups excluding carboxylic acids is 1. The lowest BCUT2D eigenvalue weighted by molar-refractivity contribution is -0.164. The second-order valence-corrected chi connectivity index (χ2v) is 5.17. The van der Waals surface area contributed by atoms with E-state index in [4.69, 9.17) is 23.2 Å². The van der Waals surface area contributed by atoms with Gasteiger partial charge in [-0.05, 0) is 23.6 Å². The van der Waals surface area contributed by atoms with E-state index in [9.17, 15) is 13.6 Å². The molecule has 18 heavy (non-hydrogen) atoms. The summed E-state index contributed by atoms with van der Waals surface area (Å²) < 4.78 is 31.2. The van der Waals surface area contributed by atoms with Crippen LogP contribution in [0.2, 0.25) is 0 Å². The van der Waals surface area contributed by atoms with Crippen LogP contribution in [0.1, 0.15) is 17.5 Å². The summed E-state index contributed by atoms with van der Waals surface area (Å²) in [5.74, 6) is 0.135. The van der Waals surface area contributed by atoms with Crippen LogP contribution in [-0.4, -0.2) is 16.7 Å². The van der Waals surface area contributed by atoms with Crippen LogP contribution in [0.4, 0.5) is 8.78 Å². The van der Waals surface area contributed by atoms with E-state index in [0.717, 1.165) is 5.56 Å². The number of carbonyl (C=O) groups is 1. The first-order chi connectivity index (χ1) is 8.40. The molecule has 1 aliphatic carbocycles. The summed E-state index contributed by atoms with van der Waals surface area (Å²) in [7, 11) is 0. The lowest BCUT2D eigenvalue weighted by Crippen LogP contribution is -2.33. The summed E-state index contributed by atoms with van der Waals surface area (Å²) in [5, 5.41) is 0. The summed E-state index contributed by atoms with van der Waals surface area (Å²) >= 11 is 10.3. The number of halogens is 4. The van der Waals surface area contributed by atoms with Gasteiger partial charge in [0.1, 0.15) is 11.5 Å². The maximum atomic E-state index is 13.3. The van der Waals surface area contributed by atoms with E-state index in [1.807, 2.05) is 0 Å². The van der Waals surface area contributed by atoms with E-state index in [1.165, 1.54) is 6.07 Å². The molecule has 0 N–H and O–H groups in total. The van der Waals surface area contributed by atoms with Crippen molar-refractivity contribution in [3.8, 4) is 5.75 Å². The van der Waals surface area contributed by atoms with Gasteiger partial charge in [-0.15, -0.1) is 0 Å². The monoisotopic (exact) mass is 294 g/mol. The van der Waals surface area contributed by atoms with Crippen LogP contribution in [0.25, 0.3) is 0 Å². The number of hydrogen-bond donors (Lipinski definition) is 0. The molecule has 1 aliphatic rings. The highest BCUT2D eigenvalue weighted by Gasteiger charge is 2.41. The number of alkyl halides is 4. The zero-order chi connectivity index (χ0) is 13.3. The third-order valence-electron chi connectivity index (χ3n) is 2.77. The van der Waals surface area contributed by atoms with Crippen LogP contribution in [0.15, 0.2) is 18.2 Å². The van der Waals surface area contributed by atoms with Gasteiger partial charge in [0.25, 0.3) is 0 Å². The van der Waals surface area contributed by atoms with Gasteiger partial charge in [0.2, 0.25) is 4.84 Å². The number of fused-ring (bicyclic) bond motifs is 1. The Labute approximate surface area is 113 Å². The van der Waals surface area contributed by atoms with Crippen molar-refractivity contribution in [3.63, 3.8) is 0 Å². The zero-order valence-corrected chi connectivity index (χ0v) is 10.8. The van der Waals surface area contributed by atoms with Crippen molar-refractivity contribution in [2.45, 2.75) is 30.2 Å². The fourth-order valence-electron chi connectivity index (χ4n) is 1.91. The first kappa shape index (κ1) is 13.6. The average Bonchev–Trinajstić information content (AvgIpc) is 2.28. The highest BCUT2D eigenvalue weighted by molar-refractivity contribution is 6.44. The first-order valence-corrected chi connectivity index (χ1v) is 6.25. The molecule has 0 unspecified atom stereocenters. The van der Waals surface area contributed by atoms with E-state index in [1.54, 1.807) is 12.1 Å². The molecule has 1 aromatic carbocycles. The van der Waals surface area contributed by atoms with E-state index in [-0.39, 0.29) is 18.0 Å². The van der Waals surface area contributed by atoms with Crippen molar-refractivity contribution < 1.29 is 18.3 Å². The highest BCUT2D eigenvalue weighted by atomic mass is 35.5. The predicted octanol–water partition coefficient (Wildman–Crippen LogP) is 3.52. The molecule has 0 aromatic heterocycles. The van der Waals surface area contributed by atoms with Crippen LogP contribution < -0.4 is 4.74 Å². The molecule has 0 bridgehead atoms. The largest absolute Gasteiger partial charge is 0.430 e. The summed E-state index contributed by atoms with van der Waals surface area (Å²) in [6.45, 7) is 0. The van der Waals surface area contributed by atoms with Gasteiger partial charge >= 0.3 is 6.11 Å². The summed E-state index contributed by atoms with van der Waals surface area (Å²) in [5.41, 5.74) is 1.35. The zero-order valence-electron chi connectivity index (χ0n) is 9.26. The van der Waals surface area contributed by atoms with Crippen LogP contribution >= 0.6 is 23.2 Å². The predicted molar refractivity (Wildman–Crippen MR) is 64.5 cm³/mol. The molecule has 1 aromatic rings. The molecule has 2 rings (SSSR count). The number of ether oxygens (including phenoxy) is 1. The average molecular weight is 295 g/mol. The van der Waals surface area contributed by atoms with Crippen LogP contribution in [0, 0.1) is 0 Å². The molecule has 0 amide bonds. The van der Waals surface area contributed by atoms with Crippen molar-refractivity contribution in [3.05, 3.63) is 29.3 Å². The van der Waals surface area contributed by atoms with E-state index >= 15 is 0 Å². The van der Waals surface area contributed by atoms with E-state index in [0.29, 0.717) is 18.4 Å². The van der Waals surface area contributed by atoms with Gasteiger partial charge in [-0.1, -0.05) is 35.3 Å². The molecular formula is C12H10Cl2F2O2. The maximum absolute atomic E-state index is 13.3. The summed E-state index contributed by atoms with van der Waals surface area (Å²) in [6.07, 6.45) is -2.66. The molecule has 0 radical (unpaired) electrons. The fraction of sp³-hybridized carbons (Fsp3) is 0.417. The standard InChI is InChI=1S/C12H10Cl2F2O2/c13-11(14)12(15,16)18-10-3-1-2-7-6-8(17)4-5-9(7)10/h1-3,11H,4-6H2. The Hall–Kier alpha value is -0.870. The topological polar surface area (TPSA) is 26.3 Å². The van der Waals surface area contributed by atoms with Crippen LogP contribution in [0.3, 0.4) is 0 Å². The second-order valence-electron chi connectivity index (χ2n) is 4.07. The normalized spacial score (nSPS) is 15.7. The molecular weight excluding hydrogens is 285 g/mol. The van der Waals surface area contributed by atoms with Crippen molar-refractivity contribution in [2.75, 3.05) is 0 Å². The first-order valence-electron chi connectivity index (χ1n) is 5.37.